The van der Waals surface area contributed by atoms with E-state index in [2.05, 4.69) is 6.07 Å². The van der Waals surface area contributed by atoms with Gasteiger partial charge in [-0.3, -0.25) is 0 Å². The number of aliphatic hydroxyl groups is 1. The van der Waals surface area contributed by atoms with Crippen LogP contribution >= 0.6 is 0 Å². The Morgan fingerprint density at radius 3 is 2.30 bits per heavy atom. The topological polar surface area (TPSA) is 44.0 Å². The first-order valence-corrected chi connectivity index (χ1v) is 3.76. The second-order valence-electron chi connectivity index (χ2n) is 3.90. The van der Waals surface area contributed by atoms with Gasteiger partial charge >= 0.3 is 0 Å². The van der Waals surface area contributed by atoms with E-state index in [-0.39, 0.29) is 12.0 Å². The number of hydrogen-bond acceptors (Lipinski definition) is 2. The zero-order chi connectivity index (χ0) is 7.24. The predicted molar refractivity (Wildman–Crippen MR) is 36.0 cm³/mol. The third-order valence-electron chi connectivity index (χ3n) is 2.92. The Kier molecular flexibility index (Phi) is 0.952. The Hall–Kier alpha value is -0.550. The number of nitrogens with zero attached hydrogens (tertiary/aromatic N) is 1. The molecule has 10 heavy (non-hydrogen) atoms. The maximum atomic E-state index is 8.87. The van der Waals surface area contributed by atoms with Gasteiger partial charge in [-0.05, 0) is 31.1 Å². The second-order valence-corrected chi connectivity index (χ2v) is 3.90. The van der Waals surface area contributed by atoms with Gasteiger partial charge in [-0.2, -0.15) is 5.26 Å². The van der Waals surface area contributed by atoms with E-state index >= 15 is 0 Å². The maximum Gasteiger partial charge on any atom is 0.0814 e. The van der Waals surface area contributed by atoms with Gasteiger partial charge in [0.15, 0.2) is 0 Å². The fraction of sp³-hybridized carbons (Fsp3) is 0.875. The van der Waals surface area contributed by atoms with Crippen LogP contribution in [0.4, 0.5) is 0 Å². The molecule has 2 nitrogen and oxygen atoms in total. The van der Waals surface area contributed by atoms with E-state index in [0.717, 1.165) is 12.8 Å². The summed E-state index contributed by atoms with van der Waals surface area (Å²) in [7, 11) is 0. The standard InChI is InChI=1S/C8H11NO/c9-5-8(6-10)3-7(4-8)1-2-7/h10H,1-4,6H2. The molecule has 1 N–H and O–H groups in total. The molecule has 2 saturated carbocycles. The lowest BCUT2D eigenvalue weighted by Gasteiger charge is -2.42. The Labute approximate surface area is 60.5 Å². The van der Waals surface area contributed by atoms with Crippen LogP contribution in [0.5, 0.6) is 0 Å². The molecule has 0 aromatic heterocycles. The molecule has 0 bridgehead atoms. The highest BCUT2D eigenvalue weighted by atomic mass is 16.3. The van der Waals surface area contributed by atoms with Gasteiger partial charge in [0.2, 0.25) is 0 Å². The Bertz CT molecular complexity index is 192. The largest absolute Gasteiger partial charge is 0.395 e. The Morgan fingerprint density at radius 1 is 1.40 bits per heavy atom. The molecule has 1 spiro atoms. The van der Waals surface area contributed by atoms with E-state index in [0.29, 0.717) is 5.41 Å². The maximum absolute atomic E-state index is 8.87. The molecule has 2 fully saturated rings. The lowest BCUT2D eigenvalue weighted by atomic mass is 9.61. The van der Waals surface area contributed by atoms with Crippen molar-refractivity contribution in [3.8, 4) is 6.07 Å². The van der Waals surface area contributed by atoms with Crippen LogP contribution in [0.15, 0.2) is 0 Å². The normalized spacial score (nSPS) is 30.8. The van der Waals surface area contributed by atoms with Crippen LogP contribution in [0.25, 0.3) is 0 Å². The van der Waals surface area contributed by atoms with Gasteiger partial charge in [0, 0.05) is 0 Å². The predicted octanol–water partition coefficient (Wildman–Crippen LogP) is 1.06. The molecule has 0 radical (unpaired) electrons. The summed E-state index contributed by atoms with van der Waals surface area (Å²) in [5.41, 5.74) is 0.189. The van der Waals surface area contributed by atoms with Gasteiger partial charge in [0.05, 0.1) is 18.1 Å². The first-order valence-electron chi connectivity index (χ1n) is 3.76. The Balaban J connectivity index is 2.03. The molecule has 54 valence electrons. The fourth-order valence-corrected chi connectivity index (χ4v) is 2.14. The molecule has 2 aliphatic carbocycles. The molecule has 0 unspecified atom stereocenters. The first kappa shape index (κ1) is 6.18. The summed E-state index contributed by atoms with van der Waals surface area (Å²) in [6.07, 6.45) is 4.48. The molecule has 0 amide bonds. The zero-order valence-corrected chi connectivity index (χ0v) is 5.93. The summed E-state index contributed by atoms with van der Waals surface area (Å²) in [5.74, 6) is 0. The summed E-state index contributed by atoms with van der Waals surface area (Å²) in [4.78, 5) is 0. The zero-order valence-electron chi connectivity index (χ0n) is 5.93. The summed E-state index contributed by atoms with van der Waals surface area (Å²) in [6, 6.07) is 2.21. The van der Waals surface area contributed by atoms with E-state index in [9.17, 15) is 0 Å². The van der Waals surface area contributed by atoms with Gasteiger partial charge < -0.3 is 5.11 Å². The van der Waals surface area contributed by atoms with Crippen molar-refractivity contribution in [2.24, 2.45) is 10.8 Å². The van der Waals surface area contributed by atoms with Crippen LogP contribution in [0.2, 0.25) is 0 Å². The fourth-order valence-electron chi connectivity index (χ4n) is 2.14. The molecule has 2 rings (SSSR count). The van der Waals surface area contributed by atoms with Crippen molar-refractivity contribution in [1.82, 2.24) is 0 Å². The van der Waals surface area contributed by atoms with Gasteiger partial charge in [0.1, 0.15) is 0 Å². The highest BCUT2D eigenvalue weighted by Gasteiger charge is 2.60. The van der Waals surface area contributed by atoms with Gasteiger partial charge in [-0.1, -0.05) is 0 Å². The van der Waals surface area contributed by atoms with Crippen molar-refractivity contribution in [1.29, 1.82) is 5.26 Å². The highest BCUT2D eigenvalue weighted by molar-refractivity contribution is 5.18. The molecular formula is C8H11NO. The minimum absolute atomic E-state index is 0.0608. The van der Waals surface area contributed by atoms with Crippen LogP contribution in [0.1, 0.15) is 25.7 Å². The molecular weight excluding hydrogens is 126 g/mol. The van der Waals surface area contributed by atoms with E-state index in [1.54, 1.807) is 0 Å². The molecule has 0 saturated heterocycles. The first-order chi connectivity index (χ1) is 4.74. The van der Waals surface area contributed by atoms with Crippen molar-refractivity contribution >= 4 is 0 Å². The average Bonchev–Trinajstić information content (AvgIpc) is 2.63. The summed E-state index contributed by atoms with van der Waals surface area (Å²) in [6.45, 7) is 0.0608. The summed E-state index contributed by atoms with van der Waals surface area (Å²) in [5, 5.41) is 17.6. The van der Waals surface area contributed by atoms with Crippen LogP contribution in [0.3, 0.4) is 0 Å². The lowest BCUT2D eigenvalue weighted by Crippen LogP contribution is -2.40. The molecule has 2 aliphatic rings. The van der Waals surface area contributed by atoms with E-state index < -0.39 is 0 Å². The second kappa shape index (κ2) is 1.54. The molecule has 0 aromatic rings. The third-order valence-corrected chi connectivity index (χ3v) is 2.92. The van der Waals surface area contributed by atoms with E-state index in [1.165, 1.54) is 12.8 Å². The lowest BCUT2D eigenvalue weighted by molar-refractivity contribution is 0.0301. The van der Waals surface area contributed by atoms with Gasteiger partial charge in [-0.15, -0.1) is 0 Å². The van der Waals surface area contributed by atoms with E-state index in [4.69, 9.17) is 10.4 Å². The van der Waals surface area contributed by atoms with Crippen LogP contribution in [-0.4, -0.2) is 11.7 Å². The summed E-state index contributed by atoms with van der Waals surface area (Å²) < 4.78 is 0. The van der Waals surface area contributed by atoms with Gasteiger partial charge in [0.25, 0.3) is 0 Å². The quantitative estimate of drug-likeness (QED) is 0.587. The Morgan fingerprint density at radius 2 is 2.00 bits per heavy atom. The minimum atomic E-state index is -0.337. The van der Waals surface area contributed by atoms with Crippen LogP contribution in [0, 0.1) is 22.2 Å². The molecule has 0 aromatic carbocycles. The number of aliphatic hydroxyl groups excluding tert-OH is 1. The number of rotatable bonds is 1. The summed E-state index contributed by atoms with van der Waals surface area (Å²) >= 11 is 0. The van der Waals surface area contributed by atoms with Crippen LogP contribution in [-0.2, 0) is 0 Å². The smallest absolute Gasteiger partial charge is 0.0814 e. The number of hydrogen-bond donors (Lipinski definition) is 1. The molecule has 0 heterocycles. The van der Waals surface area contributed by atoms with E-state index in [1.807, 2.05) is 0 Å². The van der Waals surface area contributed by atoms with Crippen LogP contribution < -0.4 is 0 Å². The molecule has 0 aliphatic heterocycles. The number of nitriles is 1. The third kappa shape index (κ3) is 0.615. The van der Waals surface area contributed by atoms with Crippen molar-refractivity contribution < 1.29 is 5.11 Å². The SMILES string of the molecule is N#CC1(CO)CC2(CC2)C1. The monoisotopic (exact) mass is 137 g/mol. The van der Waals surface area contributed by atoms with Crippen molar-refractivity contribution in [2.45, 2.75) is 25.7 Å². The molecule has 0 atom stereocenters. The van der Waals surface area contributed by atoms with Crippen molar-refractivity contribution in [3.63, 3.8) is 0 Å². The van der Waals surface area contributed by atoms with Gasteiger partial charge in [-0.25, -0.2) is 0 Å². The van der Waals surface area contributed by atoms with Crippen molar-refractivity contribution in [2.75, 3.05) is 6.61 Å². The minimum Gasteiger partial charge on any atom is -0.395 e. The highest BCUT2D eigenvalue weighted by Crippen LogP contribution is 2.68. The molecule has 2 heteroatoms. The average molecular weight is 137 g/mol. The van der Waals surface area contributed by atoms with Crippen molar-refractivity contribution in [3.05, 3.63) is 0 Å².